The van der Waals surface area contributed by atoms with Crippen molar-refractivity contribution < 1.29 is 4.74 Å². The second kappa shape index (κ2) is 6.69. The highest BCUT2D eigenvalue weighted by atomic mass is 79.9. The smallest absolute Gasteiger partial charge is 0.123 e. The zero-order valence-electron chi connectivity index (χ0n) is 10.9. The lowest BCUT2D eigenvalue weighted by molar-refractivity contribution is 0.410. The standard InChI is InChI=1S/C15H12Br2Cl2O/c1-8-5-14(20-2)11(7-12(8)16)15(17)10-6-9(18)3-4-13(10)19/h3-7,15H,1-2H3. The van der Waals surface area contributed by atoms with Crippen LogP contribution in [0.15, 0.2) is 34.8 Å². The monoisotopic (exact) mass is 436 g/mol. The van der Waals surface area contributed by atoms with E-state index < -0.39 is 0 Å². The van der Waals surface area contributed by atoms with Crippen LogP contribution in [0.2, 0.25) is 10.0 Å². The molecule has 20 heavy (non-hydrogen) atoms. The maximum atomic E-state index is 6.27. The summed E-state index contributed by atoms with van der Waals surface area (Å²) in [7, 11) is 1.66. The van der Waals surface area contributed by atoms with Gasteiger partial charge in [-0.05, 0) is 48.4 Å². The van der Waals surface area contributed by atoms with Gasteiger partial charge < -0.3 is 4.74 Å². The highest BCUT2D eigenvalue weighted by Crippen LogP contribution is 2.42. The van der Waals surface area contributed by atoms with Crippen molar-refractivity contribution in [1.82, 2.24) is 0 Å². The number of ether oxygens (including phenoxy) is 1. The molecule has 0 saturated heterocycles. The molecule has 5 heteroatoms. The lowest BCUT2D eigenvalue weighted by atomic mass is 10.0. The number of halogens is 4. The van der Waals surface area contributed by atoms with Crippen molar-refractivity contribution in [3.63, 3.8) is 0 Å². The predicted octanol–water partition coefficient (Wildman–Crippen LogP) is 6.56. The van der Waals surface area contributed by atoms with Crippen LogP contribution in [0.3, 0.4) is 0 Å². The SMILES string of the molecule is COc1cc(C)c(Br)cc1C(Br)c1cc(Cl)ccc1Cl. The minimum atomic E-state index is -0.0967. The number of methoxy groups -OCH3 is 1. The molecule has 0 heterocycles. The summed E-state index contributed by atoms with van der Waals surface area (Å²) < 4.78 is 6.49. The molecule has 0 aliphatic carbocycles. The van der Waals surface area contributed by atoms with Crippen LogP contribution in [0.25, 0.3) is 0 Å². The van der Waals surface area contributed by atoms with Crippen molar-refractivity contribution in [2.24, 2.45) is 0 Å². The number of rotatable bonds is 3. The largest absolute Gasteiger partial charge is 0.496 e. The van der Waals surface area contributed by atoms with Gasteiger partial charge in [0, 0.05) is 20.1 Å². The van der Waals surface area contributed by atoms with E-state index in [-0.39, 0.29) is 4.83 Å². The van der Waals surface area contributed by atoms with Gasteiger partial charge in [-0.3, -0.25) is 0 Å². The lowest BCUT2D eigenvalue weighted by Crippen LogP contribution is -1.99. The second-order valence-corrected chi connectivity index (χ2v) is 6.99. The molecule has 0 N–H and O–H groups in total. The molecule has 106 valence electrons. The molecule has 0 aromatic heterocycles. The fraction of sp³-hybridized carbons (Fsp3) is 0.200. The third-order valence-corrected chi connectivity index (χ3v) is 5.44. The Bertz CT molecular complexity index is 644. The van der Waals surface area contributed by atoms with Crippen LogP contribution in [0.1, 0.15) is 21.5 Å². The molecule has 1 nitrogen and oxygen atoms in total. The maximum absolute atomic E-state index is 6.27. The minimum Gasteiger partial charge on any atom is -0.496 e. The highest BCUT2D eigenvalue weighted by Gasteiger charge is 2.19. The molecule has 1 unspecified atom stereocenters. The molecule has 0 aliphatic rings. The molecule has 0 fully saturated rings. The fourth-order valence-corrected chi connectivity index (χ4v) is 3.56. The minimum absolute atomic E-state index is 0.0967. The van der Waals surface area contributed by atoms with Crippen molar-refractivity contribution in [3.8, 4) is 5.75 Å². The Morgan fingerprint density at radius 1 is 1.10 bits per heavy atom. The summed E-state index contributed by atoms with van der Waals surface area (Å²) in [6.07, 6.45) is 0. The van der Waals surface area contributed by atoms with Gasteiger partial charge in [-0.2, -0.15) is 0 Å². The number of aryl methyl sites for hydroxylation is 1. The van der Waals surface area contributed by atoms with Crippen molar-refractivity contribution in [1.29, 1.82) is 0 Å². The third kappa shape index (κ3) is 3.33. The van der Waals surface area contributed by atoms with Gasteiger partial charge in [0.1, 0.15) is 5.75 Å². The molecule has 1 atom stereocenters. The first kappa shape index (κ1) is 16.2. The van der Waals surface area contributed by atoms with E-state index in [1.807, 2.05) is 25.1 Å². The molecule has 0 saturated carbocycles. The molecule has 0 amide bonds. The zero-order chi connectivity index (χ0) is 14.9. The van der Waals surface area contributed by atoms with Gasteiger partial charge in [0.25, 0.3) is 0 Å². The lowest BCUT2D eigenvalue weighted by Gasteiger charge is -2.17. The normalized spacial score (nSPS) is 12.3. The Hall–Kier alpha value is -0.220. The summed E-state index contributed by atoms with van der Waals surface area (Å²) in [6, 6.07) is 9.45. The summed E-state index contributed by atoms with van der Waals surface area (Å²) in [5, 5.41) is 1.31. The number of hydrogen-bond donors (Lipinski definition) is 0. The maximum Gasteiger partial charge on any atom is 0.123 e. The van der Waals surface area contributed by atoms with Crippen molar-refractivity contribution in [3.05, 3.63) is 61.5 Å². The Balaban J connectivity index is 2.55. The number of benzene rings is 2. The second-order valence-electron chi connectivity index (χ2n) is 4.37. The number of alkyl halides is 1. The first-order valence-electron chi connectivity index (χ1n) is 5.87. The van der Waals surface area contributed by atoms with Gasteiger partial charge in [-0.25, -0.2) is 0 Å². The van der Waals surface area contributed by atoms with Crippen molar-refractivity contribution >= 4 is 55.1 Å². The molecular formula is C15H12Br2Cl2O. The van der Waals surface area contributed by atoms with E-state index in [0.29, 0.717) is 10.0 Å². The quantitative estimate of drug-likeness (QED) is 0.493. The van der Waals surface area contributed by atoms with Crippen LogP contribution in [-0.4, -0.2) is 7.11 Å². The van der Waals surface area contributed by atoms with Gasteiger partial charge in [-0.1, -0.05) is 55.1 Å². The molecule has 0 aliphatic heterocycles. The highest BCUT2D eigenvalue weighted by molar-refractivity contribution is 9.10. The summed E-state index contributed by atoms with van der Waals surface area (Å²) >= 11 is 19.6. The average Bonchev–Trinajstić information content (AvgIpc) is 2.43. The summed E-state index contributed by atoms with van der Waals surface area (Å²) in [6.45, 7) is 2.02. The van der Waals surface area contributed by atoms with E-state index in [1.54, 1.807) is 19.2 Å². The van der Waals surface area contributed by atoms with Gasteiger partial charge in [-0.15, -0.1) is 0 Å². The fourth-order valence-electron chi connectivity index (χ4n) is 1.92. The Morgan fingerprint density at radius 2 is 1.80 bits per heavy atom. The Labute approximate surface area is 145 Å². The van der Waals surface area contributed by atoms with E-state index in [0.717, 1.165) is 26.9 Å². The molecule has 0 bridgehead atoms. The molecular weight excluding hydrogens is 427 g/mol. The van der Waals surface area contributed by atoms with Gasteiger partial charge in [0.2, 0.25) is 0 Å². The van der Waals surface area contributed by atoms with Gasteiger partial charge in [0.05, 0.1) is 11.9 Å². The molecule has 0 spiro atoms. The summed E-state index contributed by atoms with van der Waals surface area (Å²) in [5.41, 5.74) is 3.02. The third-order valence-electron chi connectivity index (χ3n) is 3.02. The van der Waals surface area contributed by atoms with Crippen LogP contribution >= 0.6 is 55.1 Å². The first-order valence-corrected chi connectivity index (χ1v) is 8.33. The van der Waals surface area contributed by atoms with Gasteiger partial charge in [0.15, 0.2) is 0 Å². The van der Waals surface area contributed by atoms with Crippen LogP contribution < -0.4 is 4.74 Å². The van der Waals surface area contributed by atoms with E-state index in [1.165, 1.54) is 0 Å². The molecule has 0 radical (unpaired) electrons. The van der Waals surface area contributed by atoms with Crippen LogP contribution in [0.5, 0.6) is 5.75 Å². The zero-order valence-corrected chi connectivity index (χ0v) is 15.6. The van der Waals surface area contributed by atoms with Crippen molar-refractivity contribution in [2.75, 3.05) is 7.11 Å². The molecule has 2 aromatic carbocycles. The van der Waals surface area contributed by atoms with Gasteiger partial charge >= 0.3 is 0 Å². The van der Waals surface area contributed by atoms with Crippen molar-refractivity contribution in [2.45, 2.75) is 11.8 Å². The molecule has 2 aromatic rings. The topological polar surface area (TPSA) is 9.23 Å². The van der Waals surface area contributed by atoms with E-state index in [4.69, 9.17) is 27.9 Å². The van der Waals surface area contributed by atoms with E-state index >= 15 is 0 Å². The average molecular weight is 439 g/mol. The Morgan fingerprint density at radius 3 is 2.45 bits per heavy atom. The summed E-state index contributed by atoms with van der Waals surface area (Å²) in [4.78, 5) is -0.0967. The van der Waals surface area contributed by atoms with E-state index in [2.05, 4.69) is 31.9 Å². The molecule has 2 rings (SSSR count). The van der Waals surface area contributed by atoms with Crippen LogP contribution in [0.4, 0.5) is 0 Å². The first-order chi connectivity index (χ1) is 9.43. The van der Waals surface area contributed by atoms with E-state index in [9.17, 15) is 0 Å². The van der Waals surface area contributed by atoms with Crippen LogP contribution in [-0.2, 0) is 0 Å². The summed E-state index contributed by atoms with van der Waals surface area (Å²) in [5.74, 6) is 0.809. The Kier molecular flexibility index (Phi) is 5.41. The van der Waals surface area contributed by atoms with Crippen LogP contribution in [0, 0.1) is 6.92 Å². The number of hydrogen-bond acceptors (Lipinski definition) is 1. The predicted molar refractivity (Wildman–Crippen MR) is 92.7 cm³/mol.